The fraction of sp³-hybridized carbons (Fsp3) is 0. The van der Waals surface area contributed by atoms with Crippen molar-refractivity contribution in [1.29, 1.82) is 0 Å². The zero-order chi connectivity index (χ0) is 14.3. The number of hydrogen-bond donors (Lipinski definition) is 2. The van der Waals surface area contributed by atoms with Crippen molar-refractivity contribution in [1.82, 2.24) is 0 Å². The molecule has 0 heterocycles. The van der Waals surface area contributed by atoms with Crippen LogP contribution in [0.5, 0.6) is 0 Å². The number of ketones is 1. The van der Waals surface area contributed by atoms with Crippen molar-refractivity contribution >= 4 is 23.1 Å². The van der Waals surface area contributed by atoms with Crippen LogP contribution >= 0.6 is 0 Å². The Morgan fingerprint density at radius 3 is 2.00 bits per heavy atom. The number of carbonyl (C=O) groups is 2. The molecule has 0 atom stereocenters. The Bertz CT molecular complexity index is 772. The lowest BCUT2D eigenvalue weighted by atomic mass is 9.97. The normalized spacial score (nSPS) is 13.5. The first-order chi connectivity index (χ1) is 9.61. The van der Waals surface area contributed by atoms with Gasteiger partial charge in [-0.1, -0.05) is 42.5 Å². The Labute approximate surface area is 114 Å². The van der Waals surface area contributed by atoms with Crippen LogP contribution in [0.3, 0.4) is 0 Å². The van der Waals surface area contributed by atoms with E-state index < -0.39 is 5.97 Å². The molecule has 0 saturated heterocycles. The minimum absolute atomic E-state index is 0.00444. The number of hydrogen-bond acceptors (Lipinski definition) is 3. The quantitative estimate of drug-likeness (QED) is 0.876. The highest BCUT2D eigenvalue weighted by atomic mass is 16.4. The van der Waals surface area contributed by atoms with Crippen molar-refractivity contribution in [3.05, 3.63) is 70.8 Å². The van der Waals surface area contributed by atoms with E-state index in [1.807, 2.05) is 0 Å². The summed E-state index contributed by atoms with van der Waals surface area (Å²) in [6, 6.07) is 12.8. The largest absolute Gasteiger partial charge is 0.507 e. The highest BCUT2D eigenvalue weighted by Gasteiger charge is 2.32. The van der Waals surface area contributed by atoms with E-state index in [1.54, 1.807) is 36.4 Å². The standard InChI is InChI=1S/C16H10O4/c17-14-10-6-2-3-7-11(10)15(18)13(14)9-5-1-4-8-12(9)16(19)20/h1-8,17H,(H,19,20). The van der Waals surface area contributed by atoms with Crippen molar-refractivity contribution in [3.63, 3.8) is 0 Å². The molecule has 2 aromatic rings. The molecule has 1 aliphatic carbocycles. The summed E-state index contributed by atoms with van der Waals surface area (Å²) in [6.45, 7) is 0. The van der Waals surface area contributed by atoms with Crippen LogP contribution in [0.4, 0.5) is 0 Å². The SMILES string of the molecule is O=C(O)c1ccccc1C1=C(O)c2ccccc2C1=O. The van der Waals surface area contributed by atoms with Gasteiger partial charge < -0.3 is 10.2 Å². The molecule has 0 unspecified atom stereocenters. The van der Waals surface area contributed by atoms with Crippen molar-refractivity contribution in [2.45, 2.75) is 0 Å². The van der Waals surface area contributed by atoms with Gasteiger partial charge >= 0.3 is 5.97 Å². The number of carbonyl (C=O) groups excluding carboxylic acids is 1. The predicted octanol–water partition coefficient (Wildman–Crippen LogP) is 3.01. The number of aliphatic hydroxyl groups excluding tert-OH is 1. The second-order valence-corrected chi connectivity index (χ2v) is 4.45. The fourth-order valence-corrected chi connectivity index (χ4v) is 2.40. The molecule has 0 aliphatic heterocycles. The Balaban J connectivity index is 2.26. The van der Waals surface area contributed by atoms with Crippen LogP contribution in [0, 0.1) is 0 Å². The van der Waals surface area contributed by atoms with Crippen LogP contribution in [0.15, 0.2) is 48.5 Å². The maximum Gasteiger partial charge on any atom is 0.336 e. The first-order valence-corrected chi connectivity index (χ1v) is 6.01. The molecule has 0 spiro atoms. The molecular formula is C16H10O4. The fourth-order valence-electron chi connectivity index (χ4n) is 2.40. The van der Waals surface area contributed by atoms with E-state index >= 15 is 0 Å². The zero-order valence-corrected chi connectivity index (χ0v) is 10.3. The number of allylic oxidation sites excluding steroid dienone is 1. The molecule has 3 rings (SSSR count). The number of carboxylic acids is 1. The van der Waals surface area contributed by atoms with Crippen molar-refractivity contribution < 1.29 is 19.8 Å². The predicted molar refractivity (Wildman–Crippen MR) is 73.6 cm³/mol. The van der Waals surface area contributed by atoms with Gasteiger partial charge in [-0.05, 0) is 6.07 Å². The number of fused-ring (bicyclic) bond motifs is 1. The summed E-state index contributed by atoms with van der Waals surface area (Å²) in [7, 11) is 0. The van der Waals surface area contributed by atoms with Gasteiger partial charge in [-0.25, -0.2) is 4.79 Å². The molecule has 0 fully saturated rings. The molecule has 1 aliphatic rings. The third-order valence-corrected chi connectivity index (χ3v) is 3.32. The third-order valence-electron chi connectivity index (χ3n) is 3.32. The smallest absolute Gasteiger partial charge is 0.336 e. The first kappa shape index (κ1) is 12.2. The second kappa shape index (κ2) is 4.35. The van der Waals surface area contributed by atoms with Gasteiger partial charge in [0.15, 0.2) is 5.78 Å². The molecule has 4 nitrogen and oxygen atoms in total. The molecule has 20 heavy (non-hydrogen) atoms. The van der Waals surface area contributed by atoms with Crippen LogP contribution in [0.25, 0.3) is 11.3 Å². The van der Waals surface area contributed by atoms with E-state index in [9.17, 15) is 19.8 Å². The van der Waals surface area contributed by atoms with E-state index in [4.69, 9.17) is 0 Å². The second-order valence-electron chi connectivity index (χ2n) is 4.45. The van der Waals surface area contributed by atoms with Gasteiger partial charge in [0.05, 0.1) is 11.1 Å². The van der Waals surface area contributed by atoms with Crippen LogP contribution in [-0.2, 0) is 0 Å². The van der Waals surface area contributed by atoms with Gasteiger partial charge in [-0.2, -0.15) is 0 Å². The lowest BCUT2D eigenvalue weighted by molar-refractivity contribution is 0.0696. The minimum Gasteiger partial charge on any atom is -0.507 e. The van der Waals surface area contributed by atoms with E-state index in [2.05, 4.69) is 0 Å². The number of benzene rings is 2. The van der Waals surface area contributed by atoms with E-state index in [1.165, 1.54) is 12.1 Å². The summed E-state index contributed by atoms with van der Waals surface area (Å²) in [5.41, 5.74) is 1.10. The topological polar surface area (TPSA) is 74.6 Å². The van der Waals surface area contributed by atoms with E-state index in [0.29, 0.717) is 11.1 Å². The molecule has 4 heteroatoms. The maximum absolute atomic E-state index is 12.4. The summed E-state index contributed by atoms with van der Waals surface area (Å²) in [4.78, 5) is 23.6. The number of Topliss-reactive ketones (excluding diaryl/α,β-unsaturated/α-hetero) is 1. The molecule has 98 valence electrons. The summed E-state index contributed by atoms with van der Waals surface area (Å²) in [5, 5.41) is 19.4. The summed E-state index contributed by atoms with van der Waals surface area (Å²) in [6.07, 6.45) is 0. The Morgan fingerprint density at radius 1 is 0.850 bits per heavy atom. The maximum atomic E-state index is 12.4. The number of rotatable bonds is 2. The van der Waals surface area contributed by atoms with Crippen molar-refractivity contribution in [3.8, 4) is 0 Å². The van der Waals surface area contributed by atoms with Crippen molar-refractivity contribution in [2.75, 3.05) is 0 Å². The summed E-state index contributed by atoms with van der Waals surface area (Å²) in [5.74, 6) is -1.66. The molecule has 0 saturated carbocycles. The summed E-state index contributed by atoms with van der Waals surface area (Å²) >= 11 is 0. The number of aromatic carboxylic acids is 1. The van der Waals surface area contributed by atoms with Crippen LogP contribution < -0.4 is 0 Å². The zero-order valence-electron chi connectivity index (χ0n) is 10.3. The molecule has 0 aromatic heterocycles. The lowest BCUT2D eigenvalue weighted by Crippen LogP contribution is -2.06. The molecule has 0 radical (unpaired) electrons. The molecular weight excluding hydrogens is 256 g/mol. The average Bonchev–Trinajstić information content (AvgIpc) is 2.71. The van der Waals surface area contributed by atoms with Crippen molar-refractivity contribution in [2.24, 2.45) is 0 Å². The minimum atomic E-state index is -1.13. The Morgan fingerprint density at radius 2 is 1.40 bits per heavy atom. The van der Waals surface area contributed by atoms with Crippen LogP contribution in [-0.4, -0.2) is 22.0 Å². The summed E-state index contributed by atoms with van der Waals surface area (Å²) < 4.78 is 0. The molecule has 0 amide bonds. The van der Waals surface area contributed by atoms with Crippen LogP contribution in [0.2, 0.25) is 0 Å². The average molecular weight is 266 g/mol. The molecule has 0 bridgehead atoms. The monoisotopic (exact) mass is 266 g/mol. The third kappa shape index (κ3) is 1.62. The van der Waals surface area contributed by atoms with Gasteiger partial charge in [0, 0.05) is 16.7 Å². The first-order valence-electron chi connectivity index (χ1n) is 6.01. The van der Waals surface area contributed by atoms with Gasteiger partial charge in [0.25, 0.3) is 0 Å². The highest BCUT2D eigenvalue weighted by Crippen LogP contribution is 2.37. The van der Waals surface area contributed by atoms with Gasteiger partial charge in [0.2, 0.25) is 0 Å². The highest BCUT2D eigenvalue weighted by molar-refractivity contribution is 6.39. The number of aliphatic hydroxyl groups is 1. The lowest BCUT2D eigenvalue weighted by Gasteiger charge is -2.06. The number of carboxylic acid groups (broad SMARTS) is 1. The molecule has 2 aromatic carbocycles. The Kier molecular flexibility index (Phi) is 2.64. The van der Waals surface area contributed by atoms with Gasteiger partial charge in [-0.15, -0.1) is 0 Å². The van der Waals surface area contributed by atoms with E-state index in [0.717, 1.165) is 0 Å². The molecule has 2 N–H and O–H groups in total. The van der Waals surface area contributed by atoms with Gasteiger partial charge in [-0.3, -0.25) is 4.79 Å². The Hall–Kier alpha value is -2.88. The van der Waals surface area contributed by atoms with Gasteiger partial charge in [0.1, 0.15) is 5.76 Å². The van der Waals surface area contributed by atoms with Crippen LogP contribution in [0.1, 0.15) is 31.8 Å². The van der Waals surface area contributed by atoms with E-state index in [-0.39, 0.29) is 28.2 Å².